The molecule has 30 heavy (non-hydrogen) atoms. The maximum absolute atomic E-state index is 14.0. The minimum atomic E-state index is -0.366. The van der Waals surface area contributed by atoms with Gasteiger partial charge in [0.1, 0.15) is 0 Å². The molecule has 8 heteroatoms. The number of likely N-dealkylation sites (tertiary alicyclic amines) is 1. The van der Waals surface area contributed by atoms with Gasteiger partial charge in [0.15, 0.2) is 17.5 Å². The summed E-state index contributed by atoms with van der Waals surface area (Å²) in [6.45, 7) is 6.91. The molecule has 6 nitrogen and oxygen atoms in total. The zero-order valence-corrected chi connectivity index (χ0v) is 20.3. The molecule has 0 radical (unpaired) electrons. The van der Waals surface area contributed by atoms with Gasteiger partial charge >= 0.3 is 0 Å². The molecule has 2 N–H and O–H groups in total. The summed E-state index contributed by atoms with van der Waals surface area (Å²) >= 11 is 0. The third kappa shape index (κ3) is 6.72. The molecule has 168 valence electrons. The molecule has 1 heterocycles. The van der Waals surface area contributed by atoms with Crippen molar-refractivity contribution >= 4 is 35.8 Å². The molecule has 1 amide bonds. The lowest BCUT2D eigenvalue weighted by Crippen LogP contribution is -2.45. The van der Waals surface area contributed by atoms with Crippen molar-refractivity contribution in [2.75, 3.05) is 26.2 Å². The first kappa shape index (κ1) is 24.7. The summed E-state index contributed by atoms with van der Waals surface area (Å²) in [5.41, 5.74) is 0.785. The minimum absolute atomic E-state index is 0. The third-order valence-corrected chi connectivity index (χ3v) is 5.61. The monoisotopic (exact) mass is 532 g/mol. The van der Waals surface area contributed by atoms with Crippen LogP contribution in [-0.2, 0) is 11.3 Å². The van der Waals surface area contributed by atoms with Crippen molar-refractivity contribution in [2.24, 2.45) is 10.9 Å². The van der Waals surface area contributed by atoms with Crippen LogP contribution in [0.25, 0.3) is 0 Å². The molecule has 1 saturated carbocycles. The van der Waals surface area contributed by atoms with E-state index in [1.54, 1.807) is 6.07 Å². The Morgan fingerprint density at radius 3 is 2.70 bits per heavy atom. The van der Waals surface area contributed by atoms with Crippen LogP contribution in [0, 0.1) is 11.7 Å². The molecule has 3 rings (SSSR count). The lowest BCUT2D eigenvalue weighted by atomic mass is 10.1. The lowest BCUT2D eigenvalue weighted by Gasteiger charge is -2.21. The predicted octanol–water partition coefficient (Wildman–Crippen LogP) is 3.69. The summed E-state index contributed by atoms with van der Waals surface area (Å²) in [4.78, 5) is 19.2. The Morgan fingerprint density at radius 1 is 1.27 bits per heavy atom. The average Bonchev–Trinajstić information content (AvgIpc) is 3.40. The standard InChI is InChI=1S/C22H33FN4O2.HI/c1-3-24-22(25-14-16-9-10-20(29-4-2)19(23)13-16)26-18-11-12-27(15-18)21(28)17-7-5-6-8-17;/h9-10,13,17-18H,3-8,11-12,14-15H2,1-2H3,(H2,24,25,26);1H. The maximum atomic E-state index is 14.0. The number of carbonyl (C=O) groups is 1. The van der Waals surface area contributed by atoms with Gasteiger partial charge in [0.25, 0.3) is 0 Å². The van der Waals surface area contributed by atoms with E-state index in [0.29, 0.717) is 25.0 Å². The lowest BCUT2D eigenvalue weighted by molar-refractivity contribution is -0.134. The highest BCUT2D eigenvalue weighted by molar-refractivity contribution is 14.0. The summed E-state index contributed by atoms with van der Waals surface area (Å²) in [6, 6.07) is 5.14. The number of amides is 1. The van der Waals surface area contributed by atoms with E-state index in [1.807, 2.05) is 24.8 Å². The fraction of sp³-hybridized carbons (Fsp3) is 0.636. The van der Waals surface area contributed by atoms with E-state index in [1.165, 1.54) is 18.9 Å². The number of nitrogens with zero attached hydrogens (tertiary/aromatic N) is 2. The normalized spacial score (nSPS) is 19.5. The average molecular weight is 532 g/mol. The highest BCUT2D eigenvalue weighted by Gasteiger charge is 2.32. The van der Waals surface area contributed by atoms with Gasteiger partial charge < -0.3 is 20.3 Å². The van der Waals surface area contributed by atoms with E-state index in [0.717, 1.165) is 44.5 Å². The number of nitrogens with one attached hydrogen (secondary N) is 2. The van der Waals surface area contributed by atoms with Crippen LogP contribution in [-0.4, -0.2) is 49.0 Å². The molecule has 1 aromatic carbocycles. The van der Waals surface area contributed by atoms with Crippen LogP contribution in [0.1, 0.15) is 51.5 Å². The second kappa shape index (κ2) is 12.3. The molecule has 2 fully saturated rings. The topological polar surface area (TPSA) is 66.0 Å². The number of hydrogen-bond donors (Lipinski definition) is 2. The van der Waals surface area contributed by atoms with Crippen LogP contribution in [0.3, 0.4) is 0 Å². The summed E-state index contributed by atoms with van der Waals surface area (Å²) in [7, 11) is 0. The van der Waals surface area contributed by atoms with Crippen LogP contribution < -0.4 is 15.4 Å². The largest absolute Gasteiger partial charge is 0.491 e. The van der Waals surface area contributed by atoms with Gasteiger partial charge in [0.2, 0.25) is 5.91 Å². The molecular formula is C22H34FIN4O2. The molecular weight excluding hydrogens is 498 g/mol. The van der Waals surface area contributed by atoms with E-state index < -0.39 is 0 Å². The van der Waals surface area contributed by atoms with Crippen molar-refractivity contribution in [3.63, 3.8) is 0 Å². The van der Waals surface area contributed by atoms with Gasteiger partial charge in [-0.15, -0.1) is 24.0 Å². The summed E-state index contributed by atoms with van der Waals surface area (Å²) in [6.07, 6.45) is 5.34. The van der Waals surface area contributed by atoms with Gasteiger partial charge in [-0.3, -0.25) is 4.79 Å². The molecule has 0 aromatic heterocycles. The fourth-order valence-corrected chi connectivity index (χ4v) is 4.11. The Labute approximate surface area is 196 Å². The number of ether oxygens (including phenoxy) is 1. The van der Waals surface area contributed by atoms with Crippen molar-refractivity contribution in [3.8, 4) is 5.75 Å². The quantitative estimate of drug-likeness (QED) is 0.320. The highest BCUT2D eigenvalue weighted by Crippen LogP contribution is 2.27. The Morgan fingerprint density at radius 2 is 2.03 bits per heavy atom. The van der Waals surface area contributed by atoms with Crippen molar-refractivity contribution in [2.45, 2.75) is 58.5 Å². The molecule has 0 bridgehead atoms. The van der Waals surface area contributed by atoms with Gasteiger partial charge in [-0.1, -0.05) is 18.9 Å². The van der Waals surface area contributed by atoms with Gasteiger partial charge in [0, 0.05) is 31.6 Å². The number of halogens is 2. The van der Waals surface area contributed by atoms with Gasteiger partial charge in [-0.25, -0.2) is 9.38 Å². The van der Waals surface area contributed by atoms with Crippen molar-refractivity contribution in [1.29, 1.82) is 0 Å². The molecule has 1 aliphatic heterocycles. The number of hydrogen-bond acceptors (Lipinski definition) is 3. The van der Waals surface area contributed by atoms with Crippen LogP contribution >= 0.6 is 24.0 Å². The first-order chi connectivity index (χ1) is 14.1. The molecule has 0 spiro atoms. The highest BCUT2D eigenvalue weighted by atomic mass is 127. The predicted molar refractivity (Wildman–Crippen MR) is 128 cm³/mol. The first-order valence-corrected chi connectivity index (χ1v) is 10.9. The number of rotatable bonds is 7. The molecule has 1 aromatic rings. The number of guanidine groups is 1. The Balaban J connectivity index is 0.00000320. The third-order valence-electron chi connectivity index (χ3n) is 5.61. The Bertz CT molecular complexity index is 725. The van der Waals surface area contributed by atoms with Crippen LogP contribution in [0.5, 0.6) is 5.75 Å². The summed E-state index contributed by atoms with van der Waals surface area (Å²) < 4.78 is 19.3. The number of benzene rings is 1. The van der Waals surface area contributed by atoms with E-state index in [9.17, 15) is 9.18 Å². The Hall–Kier alpha value is -1.58. The van der Waals surface area contributed by atoms with Crippen molar-refractivity contribution in [3.05, 3.63) is 29.6 Å². The van der Waals surface area contributed by atoms with Crippen molar-refractivity contribution in [1.82, 2.24) is 15.5 Å². The Kier molecular flexibility index (Phi) is 10.1. The zero-order valence-electron chi connectivity index (χ0n) is 18.0. The molecule has 2 aliphatic rings. The molecule has 1 atom stereocenters. The zero-order chi connectivity index (χ0) is 20.6. The first-order valence-electron chi connectivity index (χ1n) is 10.9. The molecule has 1 unspecified atom stereocenters. The second-order valence-corrected chi connectivity index (χ2v) is 7.79. The van der Waals surface area contributed by atoms with Crippen LogP contribution in [0.2, 0.25) is 0 Å². The molecule has 1 saturated heterocycles. The van der Waals surface area contributed by atoms with E-state index in [4.69, 9.17) is 4.74 Å². The van der Waals surface area contributed by atoms with Gasteiger partial charge in [0.05, 0.1) is 13.2 Å². The summed E-state index contributed by atoms with van der Waals surface area (Å²) in [5, 5.41) is 6.68. The SMILES string of the molecule is CCNC(=NCc1ccc(OCC)c(F)c1)NC1CCN(C(=O)C2CCCC2)C1.I. The van der Waals surface area contributed by atoms with Gasteiger partial charge in [-0.05, 0) is 50.8 Å². The van der Waals surface area contributed by atoms with E-state index in [2.05, 4.69) is 15.6 Å². The molecule has 1 aliphatic carbocycles. The van der Waals surface area contributed by atoms with Gasteiger partial charge in [-0.2, -0.15) is 0 Å². The second-order valence-electron chi connectivity index (χ2n) is 7.79. The van der Waals surface area contributed by atoms with Crippen LogP contribution in [0.4, 0.5) is 4.39 Å². The maximum Gasteiger partial charge on any atom is 0.225 e. The number of aliphatic imine (C=N–C) groups is 1. The minimum Gasteiger partial charge on any atom is -0.491 e. The fourth-order valence-electron chi connectivity index (χ4n) is 4.11. The van der Waals surface area contributed by atoms with E-state index >= 15 is 0 Å². The van der Waals surface area contributed by atoms with Crippen molar-refractivity contribution < 1.29 is 13.9 Å². The summed E-state index contributed by atoms with van der Waals surface area (Å²) in [5.74, 6) is 1.14. The smallest absolute Gasteiger partial charge is 0.225 e. The number of carbonyl (C=O) groups excluding carboxylic acids is 1. The van der Waals surface area contributed by atoms with E-state index in [-0.39, 0.29) is 47.5 Å². The van der Waals surface area contributed by atoms with Crippen LogP contribution in [0.15, 0.2) is 23.2 Å².